The van der Waals surface area contributed by atoms with E-state index in [9.17, 15) is 4.79 Å². The highest BCUT2D eigenvalue weighted by atomic mass is 16.2. The van der Waals surface area contributed by atoms with Gasteiger partial charge in [-0.25, -0.2) is 0 Å². The predicted molar refractivity (Wildman–Crippen MR) is 79.0 cm³/mol. The van der Waals surface area contributed by atoms with Gasteiger partial charge in [0.25, 0.3) is 0 Å². The molecule has 0 spiro atoms. The summed E-state index contributed by atoms with van der Waals surface area (Å²) in [6, 6.07) is 4.03. The van der Waals surface area contributed by atoms with Crippen molar-refractivity contribution in [2.45, 2.75) is 53.2 Å². The van der Waals surface area contributed by atoms with Crippen molar-refractivity contribution in [3.63, 3.8) is 0 Å². The van der Waals surface area contributed by atoms with E-state index < -0.39 is 0 Å². The topological polar surface area (TPSA) is 37.3 Å². The van der Waals surface area contributed by atoms with Gasteiger partial charge in [-0.2, -0.15) is 0 Å². The molecule has 0 saturated carbocycles. The van der Waals surface area contributed by atoms with Crippen molar-refractivity contribution in [1.82, 2.24) is 14.8 Å². The second kappa shape index (κ2) is 8.00. The van der Waals surface area contributed by atoms with Crippen molar-refractivity contribution in [1.29, 1.82) is 0 Å². The summed E-state index contributed by atoms with van der Waals surface area (Å²) in [6.45, 7) is 11.4. The van der Waals surface area contributed by atoms with Crippen molar-refractivity contribution in [2.75, 3.05) is 13.1 Å². The third-order valence-corrected chi connectivity index (χ3v) is 3.42. The Bertz CT molecular complexity index is 382. The first-order valence-corrected chi connectivity index (χ1v) is 7.30. The molecule has 0 aliphatic rings. The minimum absolute atomic E-state index is 0.134. The van der Waals surface area contributed by atoms with Gasteiger partial charge >= 0.3 is 0 Å². The molecule has 1 atom stereocenters. The van der Waals surface area contributed by atoms with Crippen LogP contribution in [0.3, 0.4) is 0 Å². The molecule has 1 rings (SSSR count). The molecule has 1 aromatic heterocycles. The van der Waals surface area contributed by atoms with Gasteiger partial charge in [-0.15, -0.1) is 0 Å². The summed E-state index contributed by atoms with van der Waals surface area (Å²) in [5, 5.41) is 3.32. The van der Waals surface area contributed by atoms with Crippen LogP contribution in [0, 0.1) is 0 Å². The smallest absolute Gasteiger partial charge is 0.239 e. The van der Waals surface area contributed by atoms with E-state index in [1.54, 1.807) is 0 Å². The molecule has 4 heteroatoms. The number of carbonyl (C=O) groups excluding carboxylic acids is 1. The lowest BCUT2D eigenvalue weighted by molar-refractivity contribution is -0.132. The number of likely N-dealkylation sites (N-methyl/N-ethyl adjacent to an activating group) is 1. The summed E-state index contributed by atoms with van der Waals surface area (Å²) in [5.74, 6) is 0.179. The summed E-state index contributed by atoms with van der Waals surface area (Å²) in [7, 11) is 0. The zero-order chi connectivity index (χ0) is 14.3. The fourth-order valence-electron chi connectivity index (χ4n) is 2.22. The number of hydrogen-bond acceptors (Lipinski definition) is 2. The Morgan fingerprint density at radius 2 is 2.05 bits per heavy atom. The number of rotatable bonds is 8. The second-order valence-corrected chi connectivity index (χ2v) is 4.81. The van der Waals surface area contributed by atoms with E-state index in [1.165, 1.54) is 5.69 Å². The van der Waals surface area contributed by atoms with Gasteiger partial charge in [-0.3, -0.25) is 4.79 Å². The maximum atomic E-state index is 12.1. The number of nitrogens with one attached hydrogen (secondary N) is 1. The number of carbonyl (C=O) groups is 1. The zero-order valence-electron chi connectivity index (χ0n) is 12.6. The molecule has 0 fully saturated rings. The van der Waals surface area contributed by atoms with Crippen LogP contribution in [0.15, 0.2) is 18.3 Å². The van der Waals surface area contributed by atoms with Gasteiger partial charge in [0.15, 0.2) is 0 Å². The first-order chi connectivity index (χ1) is 9.13. The minimum atomic E-state index is -0.134. The molecule has 1 aromatic rings. The summed E-state index contributed by atoms with van der Waals surface area (Å²) in [4.78, 5) is 14.0. The van der Waals surface area contributed by atoms with E-state index in [0.29, 0.717) is 0 Å². The van der Waals surface area contributed by atoms with E-state index in [-0.39, 0.29) is 11.9 Å². The van der Waals surface area contributed by atoms with Crippen molar-refractivity contribution in [2.24, 2.45) is 0 Å². The van der Waals surface area contributed by atoms with Crippen LogP contribution >= 0.6 is 0 Å². The molecular weight excluding hydrogens is 238 g/mol. The fraction of sp³-hybridized carbons (Fsp3) is 0.667. The lowest BCUT2D eigenvalue weighted by Gasteiger charge is -2.23. The molecule has 1 amide bonds. The van der Waals surface area contributed by atoms with Crippen LogP contribution < -0.4 is 5.32 Å². The number of aromatic nitrogens is 1. The highest BCUT2D eigenvalue weighted by Gasteiger charge is 2.17. The molecule has 0 aromatic carbocycles. The third kappa shape index (κ3) is 4.39. The van der Waals surface area contributed by atoms with Crippen LogP contribution in [0.25, 0.3) is 0 Å². The summed E-state index contributed by atoms with van der Waals surface area (Å²) in [5.41, 5.74) is 1.24. The van der Waals surface area contributed by atoms with Gasteiger partial charge in [-0.1, -0.05) is 6.92 Å². The largest absolute Gasteiger partial charge is 0.350 e. The van der Waals surface area contributed by atoms with Crippen LogP contribution in [0.1, 0.15) is 39.8 Å². The van der Waals surface area contributed by atoms with E-state index in [4.69, 9.17) is 0 Å². The highest BCUT2D eigenvalue weighted by Crippen LogP contribution is 2.04. The number of aryl methyl sites for hydroxylation is 1. The molecule has 0 aliphatic carbocycles. The molecule has 0 saturated heterocycles. The van der Waals surface area contributed by atoms with Crippen LogP contribution in [0.2, 0.25) is 0 Å². The molecule has 1 heterocycles. The molecule has 0 bridgehead atoms. The summed E-state index contributed by atoms with van der Waals surface area (Å²) in [6.07, 6.45) is 3.22. The van der Waals surface area contributed by atoms with Crippen LogP contribution in [-0.4, -0.2) is 34.5 Å². The normalized spacial score (nSPS) is 12.4. The second-order valence-electron chi connectivity index (χ2n) is 4.81. The Balaban J connectivity index is 2.51. The van der Waals surface area contributed by atoms with Gasteiger partial charge in [0.05, 0.1) is 6.04 Å². The van der Waals surface area contributed by atoms with Crippen molar-refractivity contribution >= 4 is 5.91 Å². The highest BCUT2D eigenvalue weighted by molar-refractivity contribution is 5.81. The zero-order valence-corrected chi connectivity index (χ0v) is 12.6. The van der Waals surface area contributed by atoms with Gasteiger partial charge < -0.3 is 14.8 Å². The van der Waals surface area contributed by atoms with Crippen molar-refractivity contribution in [3.8, 4) is 0 Å². The third-order valence-electron chi connectivity index (χ3n) is 3.42. The minimum Gasteiger partial charge on any atom is -0.350 e. The monoisotopic (exact) mass is 265 g/mol. The van der Waals surface area contributed by atoms with Crippen LogP contribution in [0.5, 0.6) is 0 Å². The molecule has 1 unspecified atom stereocenters. The Morgan fingerprint density at radius 3 is 2.63 bits per heavy atom. The SMILES string of the molecule is CCCn1cccc1CNC(C)C(=O)N(CC)CC. The predicted octanol–water partition coefficient (Wildman–Crippen LogP) is 2.24. The maximum absolute atomic E-state index is 12.1. The van der Waals surface area contributed by atoms with Gasteiger partial charge in [0, 0.05) is 38.1 Å². The average molecular weight is 265 g/mol. The number of amides is 1. The van der Waals surface area contributed by atoms with E-state index in [0.717, 1.165) is 32.6 Å². The standard InChI is InChI=1S/C15H27N3O/c1-5-10-18-11-8-9-14(18)12-16-13(4)15(19)17(6-2)7-3/h8-9,11,13,16H,5-7,10,12H2,1-4H3. The Hall–Kier alpha value is -1.29. The van der Waals surface area contributed by atoms with E-state index in [2.05, 4.69) is 35.1 Å². The quantitative estimate of drug-likeness (QED) is 0.783. The average Bonchev–Trinajstić information content (AvgIpc) is 2.85. The van der Waals surface area contributed by atoms with E-state index in [1.807, 2.05) is 25.7 Å². The molecule has 108 valence electrons. The van der Waals surface area contributed by atoms with Crippen molar-refractivity contribution in [3.05, 3.63) is 24.0 Å². The van der Waals surface area contributed by atoms with Crippen molar-refractivity contribution < 1.29 is 4.79 Å². The first-order valence-electron chi connectivity index (χ1n) is 7.30. The van der Waals surface area contributed by atoms with Crippen LogP contribution in [0.4, 0.5) is 0 Å². The lowest BCUT2D eigenvalue weighted by atomic mass is 10.2. The molecule has 0 aliphatic heterocycles. The van der Waals surface area contributed by atoms with Crippen LogP contribution in [-0.2, 0) is 17.9 Å². The number of nitrogens with zero attached hydrogens (tertiary/aromatic N) is 2. The molecule has 19 heavy (non-hydrogen) atoms. The molecular formula is C15H27N3O. The molecule has 4 nitrogen and oxygen atoms in total. The van der Waals surface area contributed by atoms with Gasteiger partial charge in [0.2, 0.25) is 5.91 Å². The Morgan fingerprint density at radius 1 is 1.37 bits per heavy atom. The Labute approximate surface area is 116 Å². The Kier molecular flexibility index (Phi) is 6.64. The molecule has 1 N–H and O–H groups in total. The van der Waals surface area contributed by atoms with Gasteiger partial charge in [0.1, 0.15) is 0 Å². The summed E-state index contributed by atoms with van der Waals surface area (Å²) >= 11 is 0. The van der Waals surface area contributed by atoms with E-state index >= 15 is 0 Å². The summed E-state index contributed by atoms with van der Waals surface area (Å²) < 4.78 is 2.24. The lowest BCUT2D eigenvalue weighted by Crippen LogP contribution is -2.44. The van der Waals surface area contributed by atoms with Gasteiger partial charge in [-0.05, 0) is 39.3 Å². The fourth-order valence-corrected chi connectivity index (χ4v) is 2.22. The molecule has 0 radical (unpaired) electrons. The number of hydrogen-bond donors (Lipinski definition) is 1. The maximum Gasteiger partial charge on any atom is 0.239 e. The first kappa shape index (κ1) is 15.8.